The maximum Gasteiger partial charge on any atom is 0.416 e. The maximum absolute atomic E-state index is 12.5. The summed E-state index contributed by atoms with van der Waals surface area (Å²) < 4.78 is 40.9. The number of ether oxygens (including phenoxy) is 1. The molecule has 0 aliphatic rings. The second-order valence-electron chi connectivity index (χ2n) is 5.62. The second-order valence-corrected chi connectivity index (χ2v) is 6.38. The van der Waals surface area contributed by atoms with Crippen molar-refractivity contribution in [3.63, 3.8) is 0 Å². The predicted octanol–water partition coefficient (Wildman–Crippen LogP) is 4.55. The van der Waals surface area contributed by atoms with Crippen molar-refractivity contribution >= 4 is 30.4 Å². The molecule has 2 aromatic rings. The number of amides is 1. The summed E-state index contributed by atoms with van der Waals surface area (Å²) in [6.07, 6.45) is -5.48. The molecule has 0 fully saturated rings. The lowest BCUT2D eigenvalue weighted by molar-refractivity contribution is -0.140. The highest BCUT2D eigenvalue weighted by Crippen LogP contribution is 2.33. The van der Waals surface area contributed by atoms with Crippen LogP contribution < -0.4 is 5.32 Å². The summed E-state index contributed by atoms with van der Waals surface area (Å²) in [5.74, 6) is -1.19. The Morgan fingerprint density at radius 1 is 1.00 bits per heavy atom. The number of alkyl halides is 3. The van der Waals surface area contributed by atoms with Crippen molar-refractivity contribution in [3.05, 3.63) is 65.7 Å². The first-order valence-corrected chi connectivity index (χ1v) is 8.20. The van der Waals surface area contributed by atoms with Crippen molar-refractivity contribution in [2.24, 2.45) is 0 Å². The molecule has 0 spiro atoms. The number of halogens is 3. The normalized spacial score (nSPS) is 13.5. The molecule has 0 saturated heterocycles. The number of thiol groups is 1. The quantitative estimate of drug-likeness (QED) is 0.623. The molecule has 1 atom stereocenters. The monoisotopic (exact) mass is 399 g/mol. The Hall–Kier alpha value is -2.68. The van der Waals surface area contributed by atoms with Gasteiger partial charge in [-0.1, -0.05) is 30.3 Å². The zero-order chi connectivity index (χ0) is 20.1. The number of hydrogen-bond donors (Lipinski definition) is 3. The molecule has 0 radical (unpaired) electrons. The van der Waals surface area contributed by atoms with E-state index in [0.717, 1.165) is 24.3 Å². The topological polar surface area (TPSA) is 75.6 Å². The van der Waals surface area contributed by atoms with Gasteiger partial charge < -0.3 is 9.84 Å². The fraction of sp³-hybridized carbons (Fsp3) is 0.222. The Kier molecular flexibility index (Phi) is 6.37. The molecule has 0 heterocycles. The Labute approximate surface area is 158 Å². The molecule has 1 amide bonds. The number of carbonyl (C=O) groups is 2. The average Bonchev–Trinajstić information content (AvgIpc) is 2.61. The molecule has 0 aliphatic carbocycles. The SMILES string of the molecule is O=C(Nc1ccc(C(F)(F)F)cc1)OCCC(S)(C(=O)O)c1ccccc1. The number of rotatable bonds is 6. The zero-order valence-electron chi connectivity index (χ0n) is 13.9. The molecule has 144 valence electrons. The third-order valence-corrected chi connectivity index (χ3v) is 4.43. The van der Waals surface area contributed by atoms with Crippen molar-refractivity contribution in [2.45, 2.75) is 17.3 Å². The van der Waals surface area contributed by atoms with Crippen molar-refractivity contribution in [1.29, 1.82) is 0 Å². The van der Waals surface area contributed by atoms with Gasteiger partial charge in [-0.05, 0) is 29.8 Å². The van der Waals surface area contributed by atoms with E-state index in [9.17, 15) is 27.9 Å². The molecule has 9 heteroatoms. The summed E-state index contributed by atoms with van der Waals surface area (Å²) in [4.78, 5) is 23.3. The van der Waals surface area contributed by atoms with Crippen LogP contribution in [0.3, 0.4) is 0 Å². The van der Waals surface area contributed by atoms with E-state index < -0.39 is 28.5 Å². The Balaban J connectivity index is 1.92. The van der Waals surface area contributed by atoms with Gasteiger partial charge in [0.15, 0.2) is 0 Å². The van der Waals surface area contributed by atoms with Crippen molar-refractivity contribution in [3.8, 4) is 0 Å². The fourth-order valence-electron chi connectivity index (χ4n) is 2.28. The summed E-state index contributed by atoms with van der Waals surface area (Å²) in [6.45, 7) is -0.253. The van der Waals surface area contributed by atoms with Crippen LogP contribution in [0.1, 0.15) is 17.5 Å². The summed E-state index contributed by atoms with van der Waals surface area (Å²) >= 11 is 4.23. The fourth-order valence-corrected chi connectivity index (χ4v) is 2.52. The van der Waals surface area contributed by atoms with Gasteiger partial charge in [0, 0.05) is 12.1 Å². The van der Waals surface area contributed by atoms with Gasteiger partial charge in [-0.2, -0.15) is 25.8 Å². The van der Waals surface area contributed by atoms with Crippen LogP contribution in [-0.4, -0.2) is 23.8 Å². The molecule has 0 aromatic heterocycles. The molecule has 5 nitrogen and oxygen atoms in total. The highest BCUT2D eigenvalue weighted by molar-refractivity contribution is 7.82. The molecule has 2 N–H and O–H groups in total. The third-order valence-electron chi connectivity index (χ3n) is 3.76. The molecule has 0 aliphatic heterocycles. The van der Waals surface area contributed by atoms with Crippen molar-refractivity contribution < 1.29 is 32.6 Å². The molecular formula is C18H16F3NO4S. The van der Waals surface area contributed by atoms with Crippen LogP contribution in [0.4, 0.5) is 23.7 Å². The Morgan fingerprint density at radius 2 is 1.59 bits per heavy atom. The lowest BCUT2D eigenvalue weighted by Gasteiger charge is -2.24. The molecule has 2 rings (SSSR count). The minimum Gasteiger partial charge on any atom is -0.480 e. The van der Waals surface area contributed by atoms with Crippen LogP contribution in [-0.2, 0) is 20.5 Å². The number of carboxylic acids is 1. The summed E-state index contributed by atoms with van der Waals surface area (Å²) in [5.41, 5.74) is -0.287. The largest absolute Gasteiger partial charge is 0.480 e. The van der Waals surface area contributed by atoms with Gasteiger partial charge in [-0.25, -0.2) is 4.79 Å². The van der Waals surface area contributed by atoms with Crippen LogP contribution >= 0.6 is 12.6 Å². The number of carbonyl (C=O) groups excluding carboxylic acids is 1. The number of benzene rings is 2. The van der Waals surface area contributed by atoms with E-state index in [-0.39, 0.29) is 18.7 Å². The van der Waals surface area contributed by atoms with Gasteiger partial charge in [0.05, 0.1) is 12.2 Å². The first-order chi connectivity index (χ1) is 12.6. The Bertz CT molecular complexity index is 797. The van der Waals surface area contributed by atoms with E-state index in [4.69, 9.17) is 4.74 Å². The van der Waals surface area contributed by atoms with E-state index in [2.05, 4.69) is 17.9 Å². The molecule has 1 unspecified atom stereocenters. The molecular weight excluding hydrogens is 383 g/mol. The number of anilines is 1. The highest BCUT2D eigenvalue weighted by atomic mass is 32.1. The van der Waals surface area contributed by atoms with Gasteiger partial charge >= 0.3 is 18.2 Å². The van der Waals surface area contributed by atoms with Crippen LogP contribution in [0.2, 0.25) is 0 Å². The van der Waals surface area contributed by atoms with E-state index in [1.807, 2.05) is 0 Å². The second kappa shape index (κ2) is 8.34. The van der Waals surface area contributed by atoms with Crippen LogP contribution in [0.5, 0.6) is 0 Å². The van der Waals surface area contributed by atoms with E-state index >= 15 is 0 Å². The first-order valence-electron chi connectivity index (χ1n) is 7.75. The number of carboxylic acid groups (broad SMARTS) is 1. The van der Waals surface area contributed by atoms with Crippen LogP contribution in [0.15, 0.2) is 54.6 Å². The third kappa shape index (κ3) is 5.40. The van der Waals surface area contributed by atoms with Gasteiger partial charge in [-0.3, -0.25) is 10.1 Å². The van der Waals surface area contributed by atoms with Gasteiger partial charge in [0.1, 0.15) is 4.75 Å². The minimum absolute atomic E-state index is 0.101. The lowest BCUT2D eigenvalue weighted by atomic mass is 9.95. The summed E-state index contributed by atoms with van der Waals surface area (Å²) in [7, 11) is 0. The number of hydrogen-bond acceptors (Lipinski definition) is 4. The molecule has 0 bridgehead atoms. The van der Waals surface area contributed by atoms with E-state index in [1.54, 1.807) is 30.3 Å². The number of nitrogens with one attached hydrogen (secondary N) is 1. The summed E-state index contributed by atoms with van der Waals surface area (Å²) in [5, 5.41) is 11.7. The Morgan fingerprint density at radius 3 is 2.11 bits per heavy atom. The maximum atomic E-state index is 12.5. The van der Waals surface area contributed by atoms with Crippen LogP contribution in [0.25, 0.3) is 0 Å². The highest BCUT2D eigenvalue weighted by Gasteiger charge is 2.36. The van der Waals surface area contributed by atoms with Crippen molar-refractivity contribution in [2.75, 3.05) is 11.9 Å². The molecule has 0 saturated carbocycles. The predicted molar refractivity (Wildman–Crippen MR) is 95.8 cm³/mol. The molecule has 2 aromatic carbocycles. The van der Waals surface area contributed by atoms with Crippen LogP contribution in [0, 0.1) is 0 Å². The average molecular weight is 399 g/mol. The summed E-state index contributed by atoms with van der Waals surface area (Å²) in [6, 6.07) is 12.1. The van der Waals surface area contributed by atoms with Gasteiger partial charge in [0.2, 0.25) is 0 Å². The van der Waals surface area contributed by atoms with E-state index in [0.29, 0.717) is 5.56 Å². The smallest absolute Gasteiger partial charge is 0.416 e. The standard InChI is InChI=1S/C18H16F3NO4S/c19-18(20,21)13-6-8-14(9-7-13)22-16(25)26-11-10-17(27,15(23)24)12-4-2-1-3-5-12/h1-9,27H,10-11H2,(H,22,25)(H,23,24). The zero-order valence-corrected chi connectivity index (χ0v) is 14.8. The number of aliphatic carboxylic acids is 1. The first kappa shape index (κ1) is 20.6. The van der Waals surface area contributed by atoms with E-state index in [1.165, 1.54) is 0 Å². The lowest BCUT2D eigenvalue weighted by Crippen LogP contribution is -2.32. The minimum atomic E-state index is -4.47. The van der Waals surface area contributed by atoms with Gasteiger partial charge in [-0.15, -0.1) is 0 Å². The van der Waals surface area contributed by atoms with Crippen molar-refractivity contribution in [1.82, 2.24) is 0 Å². The van der Waals surface area contributed by atoms with Gasteiger partial charge in [0.25, 0.3) is 0 Å². The molecule has 27 heavy (non-hydrogen) atoms.